The van der Waals surface area contributed by atoms with E-state index in [1.165, 1.54) is 0 Å². The first-order valence-corrected chi connectivity index (χ1v) is 6.77. The number of rotatable bonds is 3. The van der Waals surface area contributed by atoms with Crippen LogP contribution < -0.4 is 10.1 Å². The van der Waals surface area contributed by atoms with E-state index in [1.807, 2.05) is 6.07 Å². The van der Waals surface area contributed by atoms with Crippen molar-refractivity contribution in [2.75, 3.05) is 44.8 Å². The van der Waals surface area contributed by atoms with Gasteiger partial charge in [0.2, 0.25) is 0 Å². The predicted molar refractivity (Wildman–Crippen MR) is 72.8 cm³/mol. The second-order valence-corrected chi connectivity index (χ2v) is 5.02. The van der Waals surface area contributed by atoms with Crippen LogP contribution in [0.2, 0.25) is 0 Å². The van der Waals surface area contributed by atoms with Crippen LogP contribution in [0.15, 0.2) is 18.2 Å². The molecular formula is C14H18N2O4. The summed E-state index contributed by atoms with van der Waals surface area (Å²) in [6, 6.07) is 5.39. The summed E-state index contributed by atoms with van der Waals surface area (Å²) >= 11 is 0. The number of nitrogens with zero attached hydrogens (tertiary/aromatic N) is 1. The van der Waals surface area contributed by atoms with Crippen LogP contribution in [0.5, 0.6) is 5.75 Å². The van der Waals surface area contributed by atoms with E-state index in [4.69, 9.17) is 9.47 Å². The maximum atomic E-state index is 11.3. The summed E-state index contributed by atoms with van der Waals surface area (Å²) in [6.45, 7) is 3.70. The van der Waals surface area contributed by atoms with Crippen LogP contribution in [0, 0.1) is 0 Å². The molecule has 2 N–H and O–H groups in total. The summed E-state index contributed by atoms with van der Waals surface area (Å²) < 4.78 is 10.6. The molecule has 0 bridgehead atoms. The number of benzene rings is 1. The van der Waals surface area contributed by atoms with E-state index in [0.29, 0.717) is 31.2 Å². The number of ether oxygens (including phenoxy) is 2. The first kappa shape index (κ1) is 13.4. The van der Waals surface area contributed by atoms with Gasteiger partial charge in [-0.3, -0.25) is 9.69 Å². The lowest BCUT2D eigenvalue weighted by Gasteiger charge is -2.29. The Bertz CT molecular complexity index is 500. The monoisotopic (exact) mass is 278 g/mol. The summed E-state index contributed by atoms with van der Waals surface area (Å²) in [5.74, 6) is 0.476. The van der Waals surface area contributed by atoms with E-state index in [0.717, 1.165) is 18.7 Å². The lowest BCUT2D eigenvalue weighted by atomic mass is 10.1. The Labute approximate surface area is 117 Å². The average molecular weight is 278 g/mol. The van der Waals surface area contributed by atoms with Crippen molar-refractivity contribution in [3.05, 3.63) is 23.8 Å². The second-order valence-electron chi connectivity index (χ2n) is 5.02. The van der Waals surface area contributed by atoms with Crippen molar-refractivity contribution in [2.45, 2.75) is 6.10 Å². The summed E-state index contributed by atoms with van der Waals surface area (Å²) in [4.78, 5) is 13.5. The van der Waals surface area contributed by atoms with E-state index in [9.17, 15) is 9.90 Å². The lowest BCUT2D eigenvalue weighted by molar-refractivity contribution is -0.118. The second kappa shape index (κ2) is 5.78. The van der Waals surface area contributed by atoms with E-state index >= 15 is 0 Å². The topological polar surface area (TPSA) is 71.0 Å². The van der Waals surface area contributed by atoms with Gasteiger partial charge < -0.3 is 19.9 Å². The Morgan fingerprint density at radius 3 is 2.95 bits per heavy atom. The molecule has 1 aromatic rings. The highest BCUT2D eigenvalue weighted by molar-refractivity contribution is 5.95. The number of carbonyl (C=O) groups is 1. The molecule has 6 nitrogen and oxygen atoms in total. The predicted octanol–water partition coefficient (Wildman–Crippen LogP) is 0.383. The third-order valence-electron chi connectivity index (χ3n) is 3.56. The van der Waals surface area contributed by atoms with Crippen molar-refractivity contribution in [3.8, 4) is 5.75 Å². The molecule has 2 aliphatic rings. The van der Waals surface area contributed by atoms with Crippen molar-refractivity contribution < 1.29 is 19.4 Å². The molecule has 20 heavy (non-hydrogen) atoms. The number of anilines is 1. The van der Waals surface area contributed by atoms with Gasteiger partial charge in [-0.15, -0.1) is 0 Å². The molecule has 0 aromatic heterocycles. The third kappa shape index (κ3) is 2.92. The summed E-state index contributed by atoms with van der Waals surface area (Å²) in [5, 5.41) is 13.1. The fraction of sp³-hybridized carbons (Fsp3) is 0.500. The zero-order valence-electron chi connectivity index (χ0n) is 11.2. The number of carbonyl (C=O) groups excluding carboxylic acids is 1. The van der Waals surface area contributed by atoms with Crippen LogP contribution in [-0.4, -0.2) is 55.4 Å². The number of hydrogen-bond donors (Lipinski definition) is 2. The first-order chi connectivity index (χ1) is 9.72. The summed E-state index contributed by atoms with van der Waals surface area (Å²) in [7, 11) is 0. The largest absolute Gasteiger partial charge is 0.482 e. The molecule has 1 amide bonds. The maximum absolute atomic E-state index is 11.3. The zero-order valence-corrected chi connectivity index (χ0v) is 11.2. The molecule has 2 aliphatic heterocycles. The minimum Gasteiger partial charge on any atom is -0.482 e. The fourth-order valence-electron chi connectivity index (χ4n) is 2.44. The van der Waals surface area contributed by atoms with Gasteiger partial charge in [-0.2, -0.15) is 0 Å². The number of fused-ring (bicyclic) bond motifs is 1. The highest BCUT2D eigenvalue weighted by Crippen LogP contribution is 2.30. The Balaban J connectivity index is 1.69. The van der Waals surface area contributed by atoms with Gasteiger partial charge in [0.1, 0.15) is 5.75 Å². The molecule has 108 valence electrons. The van der Waals surface area contributed by atoms with Gasteiger partial charge in [0, 0.05) is 19.6 Å². The number of hydrogen-bond acceptors (Lipinski definition) is 5. The highest BCUT2D eigenvalue weighted by atomic mass is 16.5. The molecule has 1 fully saturated rings. The van der Waals surface area contributed by atoms with Crippen LogP contribution in [0.25, 0.3) is 0 Å². The van der Waals surface area contributed by atoms with Crippen LogP contribution >= 0.6 is 0 Å². The molecular weight excluding hydrogens is 260 g/mol. The zero-order chi connectivity index (χ0) is 13.9. The van der Waals surface area contributed by atoms with Gasteiger partial charge in [0.25, 0.3) is 5.91 Å². The standard InChI is InChI=1S/C14H18N2O4/c17-12(8-16-3-5-19-6-4-16)10-1-2-13-11(7-10)15-14(18)9-20-13/h1-2,7,12,17H,3-6,8-9H2,(H,15,18). The summed E-state index contributed by atoms with van der Waals surface area (Å²) in [5.41, 5.74) is 1.40. The van der Waals surface area contributed by atoms with Crippen LogP contribution in [0.4, 0.5) is 5.69 Å². The fourth-order valence-corrected chi connectivity index (χ4v) is 2.44. The number of nitrogens with one attached hydrogen (secondary N) is 1. The van der Waals surface area contributed by atoms with Gasteiger partial charge in [-0.05, 0) is 17.7 Å². The number of amides is 1. The van der Waals surface area contributed by atoms with E-state index in [-0.39, 0.29) is 12.5 Å². The van der Waals surface area contributed by atoms with Crippen molar-refractivity contribution in [3.63, 3.8) is 0 Å². The Hall–Kier alpha value is -1.63. The molecule has 1 saturated heterocycles. The number of aliphatic hydroxyl groups is 1. The number of morpholine rings is 1. The molecule has 1 atom stereocenters. The molecule has 0 spiro atoms. The average Bonchev–Trinajstić information content (AvgIpc) is 2.47. The van der Waals surface area contributed by atoms with Crippen molar-refractivity contribution in [1.29, 1.82) is 0 Å². The van der Waals surface area contributed by atoms with Gasteiger partial charge in [0.05, 0.1) is 25.0 Å². The lowest BCUT2D eigenvalue weighted by Crippen LogP contribution is -2.38. The molecule has 0 saturated carbocycles. The number of aliphatic hydroxyl groups excluding tert-OH is 1. The molecule has 1 unspecified atom stereocenters. The third-order valence-corrected chi connectivity index (χ3v) is 3.56. The molecule has 1 aromatic carbocycles. The van der Waals surface area contributed by atoms with Crippen molar-refractivity contribution in [2.24, 2.45) is 0 Å². The highest BCUT2D eigenvalue weighted by Gasteiger charge is 2.20. The summed E-state index contributed by atoms with van der Waals surface area (Å²) in [6.07, 6.45) is -0.586. The molecule has 2 heterocycles. The number of β-amino-alcohol motifs (C(OH)–C–C–N with tert-alkyl or cyclic N) is 1. The van der Waals surface area contributed by atoms with E-state index < -0.39 is 6.10 Å². The van der Waals surface area contributed by atoms with Crippen LogP contribution in [-0.2, 0) is 9.53 Å². The minimum absolute atomic E-state index is 0.0443. The van der Waals surface area contributed by atoms with Crippen molar-refractivity contribution >= 4 is 11.6 Å². The quantitative estimate of drug-likeness (QED) is 0.836. The Morgan fingerprint density at radius 1 is 1.35 bits per heavy atom. The van der Waals surface area contributed by atoms with Crippen LogP contribution in [0.1, 0.15) is 11.7 Å². The minimum atomic E-state index is -0.586. The Kier molecular flexibility index (Phi) is 3.86. The normalized spacial score (nSPS) is 20.8. The van der Waals surface area contributed by atoms with Gasteiger partial charge in [-0.25, -0.2) is 0 Å². The molecule has 0 aliphatic carbocycles. The van der Waals surface area contributed by atoms with Crippen LogP contribution in [0.3, 0.4) is 0 Å². The van der Waals surface area contributed by atoms with Gasteiger partial charge in [-0.1, -0.05) is 6.07 Å². The van der Waals surface area contributed by atoms with Gasteiger partial charge >= 0.3 is 0 Å². The van der Waals surface area contributed by atoms with Crippen molar-refractivity contribution in [1.82, 2.24) is 4.90 Å². The van der Waals surface area contributed by atoms with E-state index in [1.54, 1.807) is 12.1 Å². The molecule has 0 radical (unpaired) electrons. The molecule has 3 rings (SSSR count). The Morgan fingerprint density at radius 2 is 2.15 bits per heavy atom. The molecule has 6 heteroatoms. The van der Waals surface area contributed by atoms with Gasteiger partial charge in [0.15, 0.2) is 6.61 Å². The maximum Gasteiger partial charge on any atom is 0.262 e. The SMILES string of the molecule is O=C1COc2ccc(C(O)CN3CCOCC3)cc2N1. The first-order valence-electron chi connectivity index (χ1n) is 6.77. The van der Waals surface area contributed by atoms with E-state index in [2.05, 4.69) is 10.2 Å². The smallest absolute Gasteiger partial charge is 0.262 e.